The van der Waals surface area contributed by atoms with Crippen molar-refractivity contribution >= 4 is 11.4 Å². The first-order chi connectivity index (χ1) is 8.10. The Bertz CT molecular complexity index is 417. The van der Waals surface area contributed by atoms with E-state index in [4.69, 9.17) is 5.41 Å². The van der Waals surface area contributed by atoms with Crippen LogP contribution in [-0.2, 0) is 0 Å². The average Bonchev–Trinajstić information content (AvgIpc) is 2.24. The predicted octanol–water partition coefficient (Wildman–Crippen LogP) is 3.98. The Morgan fingerprint density at radius 2 is 2.12 bits per heavy atom. The third kappa shape index (κ3) is 2.68. The van der Waals surface area contributed by atoms with Crippen LogP contribution in [0.2, 0.25) is 0 Å². The Kier molecular flexibility index (Phi) is 3.51. The number of rotatable bonds is 4. The molecule has 17 heavy (non-hydrogen) atoms. The standard InChI is InChI=1S/C15H22N2/c1-4-12-7-14(8-12)17-15-9-13(11(3)16)6-5-10(15)2/h5-6,9,12,14,16-17H,4,7-8H2,1-3H3/t12-,14+. The molecule has 0 radical (unpaired) electrons. The minimum absolute atomic E-state index is 0.632. The second-order valence-electron chi connectivity index (χ2n) is 5.24. The van der Waals surface area contributed by atoms with Crippen LogP contribution in [0.4, 0.5) is 5.69 Å². The van der Waals surface area contributed by atoms with Gasteiger partial charge >= 0.3 is 0 Å². The van der Waals surface area contributed by atoms with Crippen LogP contribution < -0.4 is 5.32 Å². The molecular formula is C15H22N2. The van der Waals surface area contributed by atoms with Gasteiger partial charge in [-0.15, -0.1) is 0 Å². The van der Waals surface area contributed by atoms with Gasteiger partial charge in [0.2, 0.25) is 0 Å². The van der Waals surface area contributed by atoms with E-state index in [1.807, 2.05) is 13.0 Å². The first kappa shape index (κ1) is 12.2. The molecule has 1 aromatic carbocycles. The van der Waals surface area contributed by atoms with Gasteiger partial charge < -0.3 is 10.7 Å². The Labute approximate surface area is 104 Å². The van der Waals surface area contributed by atoms with Crippen LogP contribution in [0, 0.1) is 18.3 Å². The molecule has 0 aromatic heterocycles. The third-order valence-corrected chi connectivity index (χ3v) is 3.84. The van der Waals surface area contributed by atoms with E-state index in [1.54, 1.807) is 0 Å². The molecule has 0 spiro atoms. The van der Waals surface area contributed by atoms with Crippen molar-refractivity contribution in [2.24, 2.45) is 5.92 Å². The monoisotopic (exact) mass is 230 g/mol. The molecule has 0 atom stereocenters. The van der Waals surface area contributed by atoms with Crippen LogP contribution in [0.15, 0.2) is 18.2 Å². The van der Waals surface area contributed by atoms with Crippen molar-refractivity contribution in [3.05, 3.63) is 29.3 Å². The molecule has 0 saturated heterocycles. The minimum Gasteiger partial charge on any atom is -0.382 e. The summed E-state index contributed by atoms with van der Waals surface area (Å²) in [6.45, 7) is 6.23. The number of hydrogen-bond donors (Lipinski definition) is 2. The largest absolute Gasteiger partial charge is 0.382 e. The maximum absolute atomic E-state index is 7.68. The van der Waals surface area contributed by atoms with E-state index in [9.17, 15) is 0 Å². The second kappa shape index (κ2) is 4.91. The Balaban J connectivity index is 2.05. The summed E-state index contributed by atoms with van der Waals surface area (Å²) in [4.78, 5) is 0. The van der Waals surface area contributed by atoms with Gasteiger partial charge in [-0.25, -0.2) is 0 Å². The van der Waals surface area contributed by atoms with Crippen LogP contribution in [0.1, 0.15) is 44.2 Å². The van der Waals surface area contributed by atoms with Crippen LogP contribution in [0.5, 0.6) is 0 Å². The molecule has 2 nitrogen and oxygen atoms in total. The van der Waals surface area contributed by atoms with Gasteiger partial charge in [0.1, 0.15) is 0 Å². The Hall–Kier alpha value is -1.31. The topological polar surface area (TPSA) is 35.9 Å². The van der Waals surface area contributed by atoms with Gasteiger partial charge in [0.15, 0.2) is 0 Å². The molecule has 0 unspecified atom stereocenters. The van der Waals surface area contributed by atoms with E-state index in [-0.39, 0.29) is 0 Å². The molecule has 1 aromatic rings. The molecule has 0 heterocycles. The van der Waals surface area contributed by atoms with Crippen LogP contribution in [0.25, 0.3) is 0 Å². The molecule has 1 fully saturated rings. The molecule has 0 aliphatic heterocycles. The van der Waals surface area contributed by atoms with Crippen molar-refractivity contribution in [1.82, 2.24) is 0 Å². The van der Waals surface area contributed by atoms with Gasteiger partial charge in [0, 0.05) is 17.4 Å². The number of aryl methyl sites for hydroxylation is 1. The summed E-state index contributed by atoms with van der Waals surface area (Å²) < 4.78 is 0. The highest BCUT2D eigenvalue weighted by molar-refractivity contribution is 5.97. The highest BCUT2D eigenvalue weighted by atomic mass is 14.9. The van der Waals surface area contributed by atoms with Gasteiger partial charge in [0.05, 0.1) is 0 Å². The van der Waals surface area contributed by atoms with E-state index in [0.29, 0.717) is 11.8 Å². The summed E-state index contributed by atoms with van der Waals surface area (Å²) in [5.41, 5.74) is 4.13. The van der Waals surface area contributed by atoms with Gasteiger partial charge in [-0.05, 0) is 49.8 Å². The lowest BCUT2D eigenvalue weighted by atomic mass is 9.78. The summed E-state index contributed by atoms with van der Waals surface area (Å²) in [5, 5.41) is 11.3. The molecule has 2 N–H and O–H groups in total. The molecule has 2 rings (SSSR count). The summed E-state index contributed by atoms with van der Waals surface area (Å²) in [7, 11) is 0. The second-order valence-corrected chi connectivity index (χ2v) is 5.24. The highest BCUT2D eigenvalue weighted by Gasteiger charge is 2.27. The molecule has 1 saturated carbocycles. The Morgan fingerprint density at radius 1 is 1.41 bits per heavy atom. The van der Waals surface area contributed by atoms with E-state index in [0.717, 1.165) is 11.5 Å². The fourth-order valence-electron chi connectivity index (χ4n) is 2.42. The molecule has 1 aliphatic carbocycles. The van der Waals surface area contributed by atoms with Gasteiger partial charge in [-0.3, -0.25) is 0 Å². The first-order valence-corrected chi connectivity index (χ1v) is 6.53. The number of anilines is 1. The fourth-order valence-corrected chi connectivity index (χ4v) is 2.42. The lowest BCUT2D eigenvalue weighted by Crippen LogP contribution is -2.35. The van der Waals surface area contributed by atoms with Crippen molar-refractivity contribution in [3.63, 3.8) is 0 Å². The zero-order valence-corrected chi connectivity index (χ0v) is 11.0. The van der Waals surface area contributed by atoms with Crippen molar-refractivity contribution in [1.29, 1.82) is 5.41 Å². The number of nitrogens with one attached hydrogen (secondary N) is 2. The maximum Gasteiger partial charge on any atom is 0.0378 e. The predicted molar refractivity (Wildman–Crippen MR) is 74.1 cm³/mol. The van der Waals surface area contributed by atoms with E-state index < -0.39 is 0 Å². The van der Waals surface area contributed by atoms with Gasteiger partial charge in [0.25, 0.3) is 0 Å². The Morgan fingerprint density at radius 3 is 2.71 bits per heavy atom. The van der Waals surface area contributed by atoms with E-state index in [2.05, 4.69) is 31.3 Å². The fraction of sp³-hybridized carbons (Fsp3) is 0.533. The SMILES string of the molecule is CC[C@H]1C[C@@H](Nc2cc(C(C)=N)ccc2C)C1. The molecule has 0 amide bonds. The van der Waals surface area contributed by atoms with E-state index in [1.165, 1.54) is 30.5 Å². The molecule has 2 heteroatoms. The van der Waals surface area contributed by atoms with Crippen molar-refractivity contribution in [3.8, 4) is 0 Å². The van der Waals surface area contributed by atoms with Crippen molar-refractivity contribution in [2.75, 3.05) is 5.32 Å². The molecule has 1 aliphatic rings. The van der Waals surface area contributed by atoms with Gasteiger partial charge in [-0.1, -0.05) is 25.5 Å². The average molecular weight is 230 g/mol. The quantitative estimate of drug-likeness (QED) is 0.754. The zero-order valence-electron chi connectivity index (χ0n) is 11.0. The maximum atomic E-state index is 7.68. The summed E-state index contributed by atoms with van der Waals surface area (Å²) >= 11 is 0. The number of hydrogen-bond acceptors (Lipinski definition) is 2. The summed E-state index contributed by atoms with van der Waals surface area (Å²) in [5.74, 6) is 0.917. The van der Waals surface area contributed by atoms with Crippen molar-refractivity contribution in [2.45, 2.75) is 46.1 Å². The smallest absolute Gasteiger partial charge is 0.0378 e. The first-order valence-electron chi connectivity index (χ1n) is 6.53. The minimum atomic E-state index is 0.632. The van der Waals surface area contributed by atoms with Crippen LogP contribution in [-0.4, -0.2) is 11.8 Å². The van der Waals surface area contributed by atoms with E-state index >= 15 is 0 Å². The number of benzene rings is 1. The molecular weight excluding hydrogens is 208 g/mol. The van der Waals surface area contributed by atoms with Crippen molar-refractivity contribution < 1.29 is 0 Å². The molecule has 0 bridgehead atoms. The van der Waals surface area contributed by atoms with Gasteiger partial charge in [-0.2, -0.15) is 0 Å². The summed E-state index contributed by atoms with van der Waals surface area (Å²) in [6.07, 6.45) is 3.89. The highest BCUT2D eigenvalue weighted by Crippen LogP contribution is 2.33. The summed E-state index contributed by atoms with van der Waals surface area (Å²) in [6, 6.07) is 6.88. The zero-order chi connectivity index (χ0) is 12.4. The lowest BCUT2D eigenvalue weighted by Gasteiger charge is -2.36. The molecule has 92 valence electrons. The lowest BCUT2D eigenvalue weighted by molar-refractivity contribution is 0.275. The van der Waals surface area contributed by atoms with Crippen LogP contribution >= 0.6 is 0 Å². The van der Waals surface area contributed by atoms with Crippen LogP contribution in [0.3, 0.4) is 0 Å². The normalized spacial score (nSPS) is 23.0. The third-order valence-electron chi connectivity index (χ3n) is 3.84.